The van der Waals surface area contributed by atoms with Crippen molar-refractivity contribution in [1.82, 2.24) is 9.88 Å². The molecule has 0 saturated carbocycles. The summed E-state index contributed by atoms with van der Waals surface area (Å²) in [4.78, 5) is 21.1. The summed E-state index contributed by atoms with van der Waals surface area (Å²) in [5.74, 6) is -0.255. The molecule has 1 aromatic heterocycles. The van der Waals surface area contributed by atoms with Gasteiger partial charge in [0.1, 0.15) is 5.69 Å². The highest BCUT2D eigenvalue weighted by atomic mass is 35.5. The molecule has 1 fully saturated rings. The summed E-state index contributed by atoms with van der Waals surface area (Å²) in [6.45, 7) is 3.94. The maximum atomic E-state index is 12.4. The van der Waals surface area contributed by atoms with Gasteiger partial charge in [-0.3, -0.25) is 9.78 Å². The topological polar surface area (TPSA) is 48.5 Å². The Morgan fingerprint density at radius 2 is 1.91 bits per heavy atom. The minimum absolute atomic E-state index is 0.255. The molecule has 0 bridgehead atoms. The average molecular weight is 331 g/mol. The summed E-state index contributed by atoms with van der Waals surface area (Å²) in [5.41, 5.74) is 2.00. The van der Waals surface area contributed by atoms with Crippen LogP contribution >= 0.6 is 11.6 Å². The molecule has 6 heteroatoms. The Kier molecular flexibility index (Phi) is 4.79. The summed E-state index contributed by atoms with van der Waals surface area (Å²) in [6, 6.07) is 10.9. The highest BCUT2D eigenvalue weighted by Crippen LogP contribution is 2.22. The van der Waals surface area contributed by atoms with Crippen LogP contribution in [0.25, 0.3) is 0 Å². The lowest BCUT2D eigenvalue weighted by atomic mass is 10.2. The first-order chi connectivity index (χ1) is 11.1. The van der Waals surface area contributed by atoms with Gasteiger partial charge in [0.05, 0.1) is 10.7 Å². The molecule has 1 saturated heterocycles. The highest BCUT2D eigenvalue weighted by molar-refractivity contribution is 6.33. The number of nitrogens with zero attached hydrogens (tertiary/aromatic N) is 3. The number of carbonyl (C=O) groups is 1. The smallest absolute Gasteiger partial charge is 0.274 e. The van der Waals surface area contributed by atoms with Crippen LogP contribution in [0.1, 0.15) is 10.5 Å². The van der Waals surface area contributed by atoms with Crippen molar-refractivity contribution in [3.63, 3.8) is 0 Å². The van der Waals surface area contributed by atoms with Crippen LogP contribution in [0.15, 0.2) is 42.6 Å². The monoisotopic (exact) mass is 330 g/mol. The Bertz CT molecular complexity index is 698. The summed E-state index contributed by atoms with van der Waals surface area (Å²) in [6.07, 6.45) is 1.68. The van der Waals surface area contributed by atoms with Gasteiger partial charge in [0.25, 0.3) is 5.91 Å². The average Bonchev–Trinajstić information content (AvgIpc) is 2.58. The SMILES string of the molecule is CN1CCN(c2ccnc(C(=O)Nc3ccccc3Cl)c2)CC1. The van der Waals surface area contributed by atoms with E-state index in [1.165, 1.54) is 0 Å². The number of para-hydroxylation sites is 1. The zero-order valence-corrected chi connectivity index (χ0v) is 13.8. The molecule has 1 aliphatic rings. The third-order valence-electron chi connectivity index (χ3n) is 3.97. The second-order valence-corrected chi connectivity index (χ2v) is 6.03. The van der Waals surface area contributed by atoms with E-state index in [0.717, 1.165) is 31.9 Å². The van der Waals surface area contributed by atoms with Gasteiger partial charge in [0.15, 0.2) is 0 Å². The first kappa shape index (κ1) is 15.8. The number of pyridine rings is 1. The first-order valence-corrected chi connectivity index (χ1v) is 7.97. The van der Waals surface area contributed by atoms with Crippen LogP contribution in [0.5, 0.6) is 0 Å². The number of carbonyl (C=O) groups excluding carboxylic acids is 1. The zero-order chi connectivity index (χ0) is 16.2. The normalized spacial score (nSPS) is 15.5. The highest BCUT2D eigenvalue weighted by Gasteiger charge is 2.16. The lowest BCUT2D eigenvalue weighted by molar-refractivity contribution is 0.102. The molecule has 23 heavy (non-hydrogen) atoms. The van der Waals surface area contributed by atoms with Gasteiger partial charge >= 0.3 is 0 Å². The van der Waals surface area contributed by atoms with Gasteiger partial charge in [-0.1, -0.05) is 23.7 Å². The van der Waals surface area contributed by atoms with Gasteiger partial charge in [-0.05, 0) is 31.3 Å². The van der Waals surface area contributed by atoms with Crippen LogP contribution in [0.4, 0.5) is 11.4 Å². The second kappa shape index (κ2) is 6.98. The molecule has 5 nitrogen and oxygen atoms in total. The summed E-state index contributed by atoms with van der Waals surface area (Å²) >= 11 is 6.07. The van der Waals surface area contributed by atoms with Crippen LogP contribution in [0.2, 0.25) is 5.02 Å². The largest absolute Gasteiger partial charge is 0.369 e. The Morgan fingerprint density at radius 3 is 2.65 bits per heavy atom. The molecule has 0 atom stereocenters. The molecule has 0 spiro atoms. The number of nitrogens with one attached hydrogen (secondary N) is 1. The fourth-order valence-corrected chi connectivity index (χ4v) is 2.74. The Hall–Kier alpha value is -2.11. The van der Waals surface area contributed by atoms with E-state index < -0.39 is 0 Å². The van der Waals surface area contributed by atoms with E-state index in [-0.39, 0.29) is 5.91 Å². The van der Waals surface area contributed by atoms with Crippen LogP contribution in [0.3, 0.4) is 0 Å². The molecule has 120 valence electrons. The number of benzene rings is 1. The zero-order valence-electron chi connectivity index (χ0n) is 13.0. The maximum Gasteiger partial charge on any atom is 0.274 e. The third-order valence-corrected chi connectivity index (χ3v) is 4.30. The van der Waals surface area contributed by atoms with Gasteiger partial charge in [0.2, 0.25) is 0 Å². The number of hydrogen-bond donors (Lipinski definition) is 1. The number of halogens is 1. The minimum Gasteiger partial charge on any atom is -0.369 e. The standard InChI is InChI=1S/C17H19ClN4O/c1-21-8-10-22(11-9-21)13-6-7-19-16(12-13)17(23)20-15-5-3-2-4-14(15)18/h2-7,12H,8-11H2,1H3,(H,20,23). The molecule has 1 N–H and O–H groups in total. The van der Waals surface area contributed by atoms with Crippen molar-refractivity contribution in [2.24, 2.45) is 0 Å². The van der Waals surface area contributed by atoms with Crippen LogP contribution < -0.4 is 10.2 Å². The number of anilines is 2. The van der Waals surface area contributed by atoms with E-state index in [1.807, 2.05) is 24.3 Å². The van der Waals surface area contributed by atoms with E-state index in [1.54, 1.807) is 18.3 Å². The third kappa shape index (κ3) is 3.81. The molecule has 1 aliphatic heterocycles. The number of rotatable bonds is 3. The molecular formula is C17H19ClN4O. The number of hydrogen-bond acceptors (Lipinski definition) is 4. The van der Waals surface area contributed by atoms with Crippen molar-refractivity contribution in [2.75, 3.05) is 43.4 Å². The fourth-order valence-electron chi connectivity index (χ4n) is 2.55. The van der Waals surface area contributed by atoms with Crippen molar-refractivity contribution in [2.45, 2.75) is 0 Å². The molecular weight excluding hydrogens is 312 g/mol. The minimum atomic E-state index is -0.255. The molecule has 0 unspecified atom stereocenters. The summed E-state index contributed by atoms with van der Waals surface area (Å²) in [5, 5.41) is 3.31. The Morgan fingerprint density at radius 1 is 1.17 bits per heavy atom. The Balaban J connectivity index is 1.74. The van der Waals surface area contributed by atoms with Gasteiger partial charge in [-0.15, -0.1) is 0 Å². The van der Waals surface area contributed by atoms with E-state index in [0.29, 0.717) is 16.4 Å². The lowest BCUT2D eigenvalue weighted by Crippen LogP contribution is -2.44. The molecule has 1 aromatic carbocycles. The number of piperazine rings is 1. The van der Waals surface area contributed by atoms with Crippen molar-refractivity contribution in [3.8, 4) is 0 Å². The van der Waals surface area contributed by atoms with Gasteiger partial charge in [0, 0.05) is 38.1 Å². The van der Waals surface area contributed by atoms with Crippen molar-refractivity contribution < 1.29 is 4.79 Å². The second-order valence-electron chi connectivity index (χ2n) is 5.62. The van der Waals surface area contributed by atoms with Gasteiger partial charge < -0.3 is 15.1 Å². The molecule has 1 amide bonds. The first-order valence-electron chi connectivity index (χ1n) is 7.59. The number of aromatic nitrogens is 1. The maximum absolute atomic E-state index is 12.4. The van der Waals surface area contributed by atoms with Crippen LogP contribution in [-0.2, 0) is 0 Å². The van der Waals surface area contributed by atoms with E-state index in [4.69, 9.17) is 11.6 Å². The quantitative estimate of drug-likeness (QED) is 0.940. The van der Waals surface area contributed by atoms with E-state index in [2.05, 4.69) is 27.1 Å². The van der Waals surface area contributed by atoms with E-state index >= 15 is 0 Å². The van der Waals surface area contributed by atoms with Crippen molar-refractivity contribution in [1.29, 1.82) is 0 Å². The molecule has 2 heterocycles. The predicted molar refractivity (Wildman–Crippen MR) is 93.4 cm³/mol. The van der Waals surface area contributed by atoms with Crippen LogP contribution in [-0.4, -0.2) is 49.0 Å². The number of likely N-dealkylation sites (N-methyl/N-ethyl adjacent to an activating group) is 1. The van der Waals surface area contributed by atoms with E-state index in [9.17, 15) is 4.79 Å². The summed E-state index contributed by atoms with van der Waals surface area (Å²) < 4.78 is 0. The van der Waals surface area contributed by atoms with Gasteiger partial charge in [-0.2, -0.15) is 0 Å². The van der Waals surface area contributed by atoms with Crippen molar-refractivity contribution in [3.05, 3.63) is 53.3 Å². The molecule has 0 aliphatic carbocycles. The Labute approximate surface area is 140 Å². The molecule has 3 rings (SSSR count). The predicted octanol–water partition coefficient (Wildman–Crippen LogP) is 2.74. The van der Waals surface area contributed by atoms with Crippen molar-refractivity contribution >= 4 is 28.9 Å². The molecule has 0 radical (unpaired) electrons. The summed E-state index contributed by atoms with van der Waals surface area (Å²) in [7, 11) is 2.12. The lowest BCUT2D eigenvalue weighted by Gasteiger charge is -2.34. The van der Waals surface area contributed by atoms with Crippen LogP contribution in [0, 0.1) is 0 Å². The fraction of sp³-hybridized carbons (Fsp3) is 0.294. The number of amides is 1. The molecule has 2 aromatic rings. The van der Waals surface area contributed by atoms with Gasteiger partial charge in [-0.25, -0.2) is 0 Å².